The lowest BCUT2D eigenvalue weighted by atomic mass is 10.3. The Hall–Kier alpha value is -1.18. The van der Waals surface area contributed by atoms with E-state index >= 15 is 0 Å². The first-order valence-electron chi connectivity index (χ1n) is 3.21. The highest BCUT2D eigenvalue weighted by Crippen LogP contribution is 2.31. The number of alkyl halides is 2. The van der Waals surface area contributed by atoms with Crippen LogP contribution in [-0.2, 0) is 0 Å². The summed E-state index contributed by atoms with van der Waals surface area (Å²) in [4.78, 5) is 12.3. The lowest BCUT2D eigenvalue weighted by molar-refractivity contribution is -0.390. The van der Waals surface area contributed by atoms with E-state index in [-0.39, 0.29) is 0 Å². The molecule has 0 saturated heterocycles. The van der Waals surface area contributed by atoms with E-state index in [0.29, 0.717) is 6.20 Å². The molecule has 0 bridgehead atoms. The summed E-state index contributed by atoms with van der Waals surface area (Å²) in [5.74, 6) is -2.19. The molecule has 0 aliphatic carbocycles. The lowest BCUT2D eigenvalue weighted by Gasteiger charge is -2.01. The quantitative estimate of drug-likeness (QED) is 0.613. The second kappa shape index (κ2) is 3.91. The number of halogens is 4. The number of nitrogens with zero attached hydrogens (tertiary/aromatic N) is 2. The fourth-order valence-electron chi connectivity index (χ4n) is 0.748. The summed E-state index contributed by atoms with van der Waals surface area (Å²) in [6, 6.07) is 0. The summed E-state index contributed by atoms with van der Waals surface area (Å²) in [7, 11) is 0. The molecule has 0 amide bonds. The van der Waals surface area contributed by atoms with Gasteiger partial charge in [0.15, 0.2) is 16.5 Å². The van der Waals surface area contributed by atoms with Crippen molar-refractivity contribution in [1.82, 2.24) is 4.98 Å². The van der Waals surface area contributed by atoms with E-state index in [1.54, 1.807) is 0 Å². The molecule has 14 heavy (non-hydrogen) atoms. The summed E-state index contributed by atoms with van der Waals surface area (Å²) in [6.07, 6.45) is -2.61. The Kier molecular flexibility index (Phi) is 3.04. The molecule has 1 heterocycles. The average Bonchev–Trinajstić information content (AvgIpc) is 2.08. The Morgan fingerprint density at radius 1 is 1.57 bits per heavy atom. The SMILES string of the molecule is O=[N+]([O-])c1ncc(C(F)F)c(F)c1Br. The van der Waals surface area contributed by atoms with Crippen molar-refractivity contribution in [1.29, 1.82) is 0 Å². The fraction of sp³-hybridized carbons (Fsp3) is 0.167. The van der Waals surface area contributed by atoms with Crippen molar-refractivity contribution in [3.63, 3.8) is 0 Å². The second-order valence-corrected chi connectivity index (χ2v) is 3.02. The van der Waals surface area contributed by atoms with E-state index in [2.05, 4.69) is 20.9 Å². The van der Waals surface area contributed by atoms with Gasteiger partial charge in [-0.3, -0.25) is 0 Å². The highest BCUT2D eigenvalue weighted by atomic mass is 79.9. The van der Waals surface area contributed by atoms with Crippen molar-refractivity contribution in [3.8, 4) is 0 Å². The van der Waals surface area contributed by atoms with Crippen molar-refractivity contribution in [3.05, 3.63) is 32.2 Å². The maximum atomic E-state index is 13.0. The van der Waals surface area contributed by atoms with Crippen LogP contribution in [0, 0.1) is 15.9 Å². The molecule has 1 aromatic rings. The molecule has 1 aromatic heterocycles. The zero-order chi connectivity index (χ0) is 10.9. The van der Waals surface area contributed by atoms with E-state index in [1.165, 1.54) is 0 Å². The molecular weight excluding hydrogens is 269 g/mol. The summed E-state index contributed by atoms with van der Waals surface area (Å²) in [6.45, 7) is 0. The van der Waals surface area contributed by atoms with Crippen LogP contribution in [0.25, 0.3) is 0 Å². The van der Waals surface area contributed by atoms with Crippen molar-refractivity contribution in [2.24, 2.45) is 0 Å². The van der Waals surface area contributed by atoms with Crippen LogP contribution in [0.4, 0.5) is 19.0 Å². The van der Waals surface area contributed by atoms with Crippen LogP contribution < -0.4 is 0 Å². The van der Waals surface area contributed by atoms with E-state index in [4.69, 9.17) is 0 Å². The normalized spacial score (nSPS) is 10.6. The largest absolute Gasteiger partial charge is 0.380 e. The van der Waals surface area contributed by atoms with Gasteiger partial charge >= 0.3 is 5.82 Å². The van der Waals surface area contributed by atoms with Crippen LogP contribution in [0.3, 0.4) is 0 Å². The van der Waals surface area contributed by atoms with Gasteiger partial charge in [-0.2, -0.15) is 0 Å². The number of hydrogen-bond acceptors (Lipinski definition) is 3. The molecule has 8 heteroatoms. The standard InChI is InChI=1S/C6H2BrF3N2O2/c7-3-4(8)2(5(9)10)1-11-6(3)12(13)14/h1,5H. The molecule has 1 rings (SSSR count). The molecule has 0 aromatic carbocycles. The minimum absolute atomic E-state index is 0.447. The first kappa shape index (κ1) is 10.9. The maximum absolute atomic E-state index is 13.0. The predicted molar refractivity (Wildman–Crippen MR) is 43.5 cm³/mol. The van der Waals surface area contributed by atoms with Crippen LogP contribution in [0.1, 0.15) is 12.0 Å². The highest BCUT2D eigenvalue weighted by Gasteiger charge is 2.25. The minimum atomic E-state index is -3.06. The van der Waals surface area contributed by atoms with Gasteiger partial charge in [-0.25, -0.2) is 13.2 Å². The monoisotopic (exact) mass is 270 g/mol. The van der Waals surface area contributed by atoms with Gasteiger partial charge in [-0.05, 0) is 25.8 Å². The molecule has 0 atom stereocenters. The Labute approximate surface area is 84.0 Å². The summed E-state index contributed by atoms with van der Waals surface area (Å²) >= 11 is 2.49. The van der Waals surface area contributed by atoms with Gasteiger partial charge in [-0.1, -0.05) is 0 Å². The highest BCUT2D eigenvalue weighted by molar-refractivity contribution is 9.10. The molecule has 0 aliphatic heterocycles. The number of nitro groups is 1. The molecule has 0 N–H and O–H groups in total. The van der Waals surface area contributed by atoms with Gasteiger partial charge in [0.25, 0.3) is 6.43 Å². The molecule has 0 unspecified atom stereocenters. The topological polar surface area (TPSA) is 56.0 Å². The first-order valence-corrected chi connectivity index (χ1v) is 4.01. The van der Waals surface area contributed by atoms with Crippen molar-refractivity contribution < 1.29 is 18.1 Å². The Balaban J connectivity index is 3.33. The number of rotatable bonds is 2. The zero-order valence-corrected chi connectivity index (χ0v) is 7.96. The fourth-order valence-corrected chi connectivity index (χ4v) is 1.22. The third kappa shape index (κ3) is 1.84. The minimum Gasteiger partial charge on any atom is -0.358 e. The van der Waals surface area contributed by atoms with Crippen LogP contribution in [-0.4, -0.2) is 9.91 Å². The van der Waals surface area contributed by atoms with Crippen molar-refractivity contribution >= 4 is 21.7 Å². The summed E-state index contributed by atoms with van der Waals surface area (Å²) < 4.78 is 36.5. The molecular formula is C6H2BrF3N2O2. The third-order valence-corrected chi connectivity index (χ3v) is 2.08. The lowest BCUT2D eigenvalue weighted by Crippen LogP contribution is -2.00. The van der Waals surface area contributed by atoms with Gasteiger partial charge < -0.3 is 10.1 Å². The van der Waals surface area contributed by atoms with Gasteiger partial charge in [0.1, 0.15) is 0 Å². The van der Waals surface area contributed by atoms with E-state index in [0.717, 1.165) is 0 Å². The van der Waals surface area contributed by atoms with E-state index < -0.39 is 33.0 Å². The summed E-state index contributed by atoms with van der Waals surface area (Å²) in [5.41, 5.74) is -0.970. The third-order valence-electron chi connectivity index (χ3n) is 1.38. The number of hydrogen-bond donors (Lipinski definition) is 0. The Morgan fingerprint density at radius 2 is 2.14 bits per heavy atom. The van der Waals surface area contributed by atoms with E-state index in [9.17, 15) is 23.3 Å². The van der Waals surface area contributed by atoms with Gasteiger partial charge in [0, 0.05) is 0 Å². The smallest absolute Gasteiger partial charge is 0.358 e. The molecule has 0 aliphatic rings. The number of aromatic nitrogens is 1. The van der Waals surface area contributed by atoms with Gasteiger partial charge in [0.2, 0.25) is 0 Å². The molecule has 0 fully saturated rings. The Morgan fingerprint density at radius 3 is 2.57 bits per heavy atom. The summed E-state index contributed by atoms with van der Waals surface area (Å²) in [5, 5.41) is 10.2. The number of pyridine rings is 1. The van der Waals surface area contributed by atoms with Gasteiger partial charge in [0.05, 0.1) is 5.56 Å². The van der Waals surface area contributed by atoms with Crippen LogP contribution in [0.5, 0.6) is 0 Å². The first-order chi connectivity index (χ1) is 6.45. The van der Waals surface area contributed by atoms with Crippen molar-refractivity contribution in [2.75, 3.05) is 0 Å². The average molecular weight is 271 g/mol. The van der Waals surface area contributed by atoms with Crippen LogP contribution in [0.15, 0.2) is 10.7 Å². The zero-order valence-electron chi connectivity index (χ0n) is 6.38. The molecule has 0 spiro atoms. The predicted octanol–water partition coefficient (Wildman–Crippen LogP) is 2.83. The second-order valence-electron chi connectivity index (χ2n) is 2.22. The molecule has 76 valence electrons. The maximum Gasteiger partial charge on any atom is 0.380 e. The molecule has 4 nitrogen and oxygen atoms in total. The molecule has 0 saturated carbocycles. The van der Waals surface area contributed by atoms with Crippen LogP contribution in [0.2, 0.25) is 0 Å². The van der Waals surface area contributed by atoms with Crippen molar-refractivity contribution in [2.45, 2.75) is 6.43 Å². The molecule has 0 radical (unpaired) electrons. The van der Waals surface area contributed by atoms with Crippen LogP contribution >= 0.6 is 15.9 Å². The van der Waals surface area contributed by atoms with Gasteiger partial charge in [-0.15, -0.1) is 0 Å². The Bertz CT molecular complexity index is 386. The van der Waals surface area contributed by atoms with E-state index in [1.807, 2.05) is 0 Å².